The highest BCUT2D eigenvalue weighted by Gasteiger charge is 2.23. The summed E-state index contributed by atoms with van der Waals surface area (Å²) in [5.74, 6) is 1.92. The van der Waals surface area contributed by atoms with E-state index in [1.807, 2.05) is 18.2 Å². The van der Waals surface area contributed by atoms with Gasteiger partial charge >= 0.3 is 0 Å². The summed E-state index contributed by atoms with van der Waals surface area (Å²) in [5.41, 5.74) is 1.16. The monoisotopic (exact) mass is 531 g/mol. The van der Waals surface area contributed by atoms with Crippen molar-refractivity contribution in [2.75, 3.05) is 46.0 Å². The second-order valence-corrected chi connectivity index (χ2v) is 7.86. The summed E-state index contributed by atoms with van der Waals surface area (Å²) in [6.07, 6.45) is 6.31. The molecule has 2 heterocycles. The molecule has 0 aliphatic carbocycles. The summed E-state index contributed by atoms with van der Waals surface area (Å²) in [7, 11) is 0. The van der Waals surface area contributed by atoms with Crippen LogP contribution >= 0.6 is 24.0 Å². The second-order valence-electron chi connectivity index (χ2n) is 7.86. The first-order valence-corrected chi connectivity index (χ1v) is 11.2. The van der Waals surface area contributed by atoms with E-state index in [0.29, 0.717) is 25.4 Å². The Morgan fingerprint density at radius 3 is 2.70 bits per heavy atom. The lowest BCUT2D eigenvalue weighted by atomic mass is 10.1. The number of hydrogen-bond donors (Lipinski definition) is 1. The fraction of sp³-hybridized carbons (Fsp3) is 0.696. The van der Waals surface area contributed by atoms with Gasteiger partial charge in [-0.3, -0.25) is 0 Å². The number of likely N-dealkylation sites (tertiary alicyclic amines) is 1. The highest BCUT2D eigenvalue weighted by molar-refractivity contribution is 14.0. The number of aryl methyl sites for hydroxylation is 1. The zero-order valence-corrected chi connectivity index (χ0v) is 20.8. The Balaban J connectivity index is 0.00000320. The SMILES string of the molecule is CCNC(=NCCOc1ccccc1C)N1CCC(OCC2CCCCO2)CC1.I. The maximum absolute atomic E-state index is 6.14. The van der Waals surface area contributed by atoms with Crippen LogP contribution in [0, 0.1) is 6.92 Å². The lowest BCUT2D eigenvalue weighted by Gasteiger charge is -2.35. The molecular weight excluding hydrogens is 493 g/mol. The first-order valence-electron chi connectivity index (χ1n) is 11.2. The summed E-state index contributed by atoms with van der Waals surface area (Å²) >= 11 is 0. The molecule has 1 atom stereocenters. The van der Waals surface area contributed by atoms with E-state index in [4.69, 9.17) is 19.2 Å². The third kappa shape index (κ3) is 8.23. The summed E-state index contributed by atoms with van der Waals surface area (Å²) in [6, 6.07) is 8.10. The lowest BCUT2D eigenvalue weighted by molar-refractivity contribution is -0.0721. The van der Waals surface area contributed by atoms with E-state index in [1.54, 1.807) is 0 Å². The lowest BCUT2D eigenvalue weighted by Crippen LogP contribution is -2.47. The van der Waals surface area contributed by atoms with Crippen LogP contribution in [0.1, 0.15) is 44.6 Å². The molecule has 6 nitrogen and oxygen atoms in total. The number of para-hydroxylation sites is 1. The average Bonchev–Trinajstić information content (AvgIpc) is 2.77. The molecule has 0 radical (unpaired) electrons. The highest BCUT2D eigenvalue weighted by Crippen LogP contribution is 2.18. The van der Waals surface area contributed by atoms with E-state index in [-0.39, 0.29) is 24.0 Å². The van der Waals surface area contributed by atoms with Crippen molar-refractivity contribution in [3.05, 3.63) is 29.8 Å². The molecule has 0 bridgehead atoms. The van der Waals surface area contributed by atoms with Crippen LogP contribution in [0.15, 0.2) is 29.3 Å². The minimum absolute atomic E-state index is 0. The van der Waals surface area contributed by atoms with Crippen molar-refractivity contribution in [3.8, 4) is 5.75 Å². The van der Waals surface area contributed by atoms with Crippen molar-refractivity contribution >= 4 is 29.9 Å². The molecule has 2 fully saturated rings. The predicted octanol–water partition coefficient (Wildman–Crippen LogP) is 4.01. The quantitative estimate of drug-likeness (QED) is 0.238. The van der Waals surface area contributed by atoms with Gasteiger partial charge in [0.05, 0.1) is 25.4 Å². The number of piperidine rings is 1. The van der Waals surface area contributed by atoms with Crippen LogP contribution in [0.4, 0.5) is 0 Å². The Hall–Kier alpha value is -1.06. The van der Waals surface area contributed by atoms with Crippen molar-refractivity contribution in [1.82, 2.24) is 10.2 Å². The van der Waals surface area contributed by atoms with Gasteiger partial charge in [0.2, 0.25) is 0 Å². The number of aliphatic imine (C=N–C) groups is 1. The van der Waals surface area contributed by atoms with Gasteiger partial charge in [0.1, 0.15) is 12.4 Å². The van der Waals surface area contributed by atoms with Gasteiger partial charge in [-0.25, -0.2) is 4.99 Å². The predicted molar refractivity (Wildman–Crippen MR) is 132 cm³/mol. The van der Waals surface area contributed by atoms with Crippen LogP contribution < -0.4 is 10.1 Å². The van der Waals surface area contributed by atoms with Crippen LogP contribution in [-0.2, 0) is 9.47 Å². The largest absolute Gasteiger partial charge is 0.491 e. The van der Waals surface area contributed by atoms with Crippen LogP contribution in [0.2, 0.25) is 0 Å². The van der Waals surface area contributed by atoms with Gasteiger partial charge in [-0.1, -0.05) is 18.2 Å². The molecule has 3 rings (SSSR count). The molecule has 1 aromatic rings. The number of rotatable bonds is 8. The zero-order valence-electron chi connectivity index (χ0n) is 18.5. The third-order valence-electron chi connectivity index (χ3n) is 5.57. The van der Waals surface area contributed by atoms with Gasteiger partial charge in [0.15, 0.2) is 5.96 Å². The Kier molecular flexibility index (Phi) is 11.8. The normalized spacial score (nSPS) is 20.5. The number of guanidine groups is 1. The smallest absolute Gasteiger partial charge is 0.194 e. The molecule has 30 heavy (non-hydrogen) atoms. The van der Waals surface area contributed by atoms with Crippen LogP contribution in [0.5, 0.6) is 5.75 Å². The molecule has 2 aliphatic heterocycles. The number of nitrogens with one attached hydrogen (secondary N) is 1. The van der Waals surface area contributed by atoms with E-state index in [9.17, 15) is 0 Å². The molecular formula is C23H38IN3O3. The minimum Gasteiger partial charge on any atom is -0.491 e. The van der Waals surface area contributed by atoms with Crippen molar-refractivity contribution in [3.63, 3.8) is 0 Å². The summed E-state index contributed by atoms with van der Waals surface area (Å²) in [4.78, 5) is 7.11. The first-order chi connectivity index (χ1) is 14.3. The average molecular weight is 531 g/mol. The van der Waals surface area contributed by atoms with Crippen LogP contribution in [0.25, 0.3) is 0 Å². The molecule has 2 saturated heterocycles. The topological polar surface area (TPSA) is 55.3 Å². The molecule has 0 spiro atoms. The molecule has 1 unspecified atom stereocenters. The van der Waals surface area contributed by atoms with E-state index in [2.05, 4.69) is 30.1 Å². The summed E-state index contributed by atoms with van der Waals surface area (Å²) < 4.78 is 17.8. The molecule has 0 saturated carbocycles. The molecule has 7 heteroatoms. The van der Waals surface area contributed by atoms with Crippen molar-refractivity contribution < 1.29 is 14.2 Å². The van der Waals surface area contributed by atoms with E-state index < -0.39 is 0 Å². The molecule has 2 aliphatic rings. The molecule has 1 aromatic carbocycles. The maximum atomic E-state index is 6.14. The van der Waals surface area contributed by atoms with Gasteiger partial charge in [0, 0.05) is 26.2 Å². The maximum Gasteiger partial charge on any atom is 0.194 e. The Bertz CT molecular complexity index is 630. The van der Waals surface area contributed by atoms with Gasteiger partial charge in [0.25, 0.3) is 0 Å². The second kappa shape index (κ2) is 14.1. The van der Waals surface area contributed by atoms with E-state index >= 15 is 0 Å². The van der Waals surface area contributed by atoms with E-state index in [0.717, 1.165) is 69.4 Å². The Morgan fingerprint density at radius 1 is 1.20 bits per heavy atom. The molecule has 1 N–H and O–H groups in total. The Labute approximate surface area is 198 Å². The van der Waals surface area contributed by atoms with Gasteiger partial charge in [-0.2, -0.15) is 0 Å². The zero-order chi connectivity index (χ0) is 20.3. The minimum atomic E-state index is 0. The van der Waals surface area contributed by atoms with Crippen molar-refractivity contribution in [2.45, 2.75) is 58.2 Å². The van der Waals surface area contributed by atoms with Gasteiger partial charge in [-0.15, -0.1) is 24.0 Å². The van der Waals surface area contributed by atoms with E-state index in [1.165, 1.54) is 12.8 Å². The number of halogens is 1. The van der Waals surface area contributed by atoms with Crippen molar-refractivity contribution in [1.29, 1.82) is 0 Å². The number of hydrogen-bond acceptors (Lipinski definition) is 4. The van der Waals surface area contributed by atoms with Crippen LogP contribution in [0.3, 0.4) is 0 Å². The number of ether oxygens (including phenoxy) is 3. The standard InChI is InChI=1S/C23H37N3O3.HI/c1-3-24-23(25-13-17-28-22-10-5-4-8-19(22)2)26-14-11-20(12-15-26)29-18-21-9-6-7-16-27-21;/h4-5,8,10,20-21H,3,6-7,9,11-18H2,1-2H3,(H,24,25);1H. The van der Waals surface area contributed by atoms with Gasteiger partial charge in [-0.05, 0) is 57.6 Å². The third-order valence-corrected chi connectivity index (χ3v) is 5.57. The molecule has 0 amide bonds. The fourth-order valence-electron chi connectivity index (χ4n) is 3.87. The molecule has 170 valence electrons. The fourth-order valence-corrected chi connectivity index (χ4v) is 3.87. The Morgan fingerprint density at radius 2 is 2.00 bits per heavy atom. The summed E-state index contributed by atoms with van der Waals surface area (Å²) in [5, 5.41) is 3.42. The van der Waals surface area contributed by atoms with Gasteiger partial charge < -0.3 is 24.4 Å². The number of benzene rings is 1. The summed E-state index contributed by atoms with van der Waals surface area (Å²) in [6.45, 7) is 9.85. The highest BCUT2D eigenvalue weighted by atomic mass is 127. The molecule has 0 aromatic heterocycles. The van der Waals surface area contributed by atoms with Crippen molar-refractivity contribution in [2.24, 2.45) is 4.99 Å². The number of nitrogens with zero attached hydrogens (tertiary/aromatic N) is 2. The van der Waals surface area contributed by atoms with Crippen LogP contribution in [-0.4, -0.2) is 69.1 Å². The first kappa shape index (κ1) is 25.2.